The Morgan fingerprint density at radius 1 is 1.32 bits per heavy atom. The molecule has 1 aromatic carbocycles. The van der Waals surface area contributed by atoms with Gasteiger partial charge in [0.25, 0.3) is 0 Å². The second-order valence-electron chi connectivity index (χ2n) is 3.58. The van der Waals surface area contributed by atoms with Crippen molar-refractivity contribution in [2.24, 2.45) is 10.9 Å². The Kier molecular flexibility index (Phi) is 7.24. The molecule has 19 heavy (non-hydrogen) atoms. The molecule has 0 amide bonds. The van der Waals surface area contributed by atoms with Crippen molar-refractivity contribution < 1.29 is 19.4 Å². The van der Waals surface area contributed by atoms with E-state index in [2.05, 4.69) is 21.1 Å². The summed E-state index contributed by atoms with van der Waals surface area (Å²) in [5.41, 5.74) is 6.11. The minimum Gasteiger partial charge on any atom is -0.491 e. The first-order chi connectivity index (χ1) is 9.19. The van der Waals surface area contributed by atoms with Crippen molar-refractivity contribution in [3.8, 4) is 5.75 Å². The van der Waals surface area contributed by atoms with Crippen LogP contribution >= 0.6 is 15.9 Å². The lowest BCUT2D eigenvalue weighted by atomic mass is 10.2. The van der Waals surface area contributed by atoms with Crippen molar-refractivity contribution in [2.75, 3.05) is 33.5 Å². The third-order valence-corrected chi connectivity index (χ3v) is 2.91. The first-order valence-electron chi connectivity index (χ1n) is 5.66. The smallest absolute Gasteiger partial charge is 0.171 e. The Bertz CT molecular complexity index is 426. The summed E-state index contributed by atoms with van der Waals surface area (Å²) in [6.07, 6.45) is 0. The van der Waals surface area contributed by atoms with Crippen molar-refractivity contribution in [1.29, 1.82) is 0 Å². The van der Waals surface area contributed by atoms with Gasteiger partial charge in [-0.25, -0.2) is 0 Å². The summed E-state index contributed by atoms with van der Waals surface area (Å²) >= 11 is 3.33. The third-order valence-electron chi connectivity index (χ3n) is 2.25. The van der Waals surface area contributed by atoms with E-state index in [1.165, 1.54) is 0 Å². The van der Waals surface area contributed by atoms with Crippen LogP contribution in [0.15, 0.2) is 27.8 Å². The molecule has 1 aromatic rings. The molecule has 0 fully saturated rings. The largest absolute Gasteiger partial charge is 0.491 e. The van der Waals surface area contributed by atoms with Crippen LogP contribution in [0.4, 0.5) is 0 Å². The van der Waals surface area contributed by atoms with Gasteiger partial charge in [-0.1, -0.05) is 5.16 Å². The Balaban J connectivity index is 2.42. The highest BCUT2D eigenvalue weighted by atomic mass is 79.9. The number of rotatable bonds is 8. The maximum absolute atomic E-state index is 8.61. The lowest BCUT2D eigenvalue weighted by molar-refractivity contribution is 0.0544. The predicted molar refractivity (Wildman–Crippen MR) is 74.8 cm³/mol. The summed E-state index contributed by atoms with van der Waals surface area (Å²) in [7, 11) is 1.63. The lowest BCUT2D eigenvalue weighted by Crippen LogP contribution is -2.14. The van der Waals surface area contributed by atoms with E-state index >= 15 is 0 Å². The van der Waals surface area contributed by atoms with Crippen LogP contribution in [-0.2, 0) is 9.47 Å². The molecule has 0 aromatic heterocycles. The first-order valence-corrected chi connectivity index (χ1v) is 6.45. The molecule has 0 bridgehead atoms. The maximum atomic E-state index is 8.61. The fraction of sp³-hybridized carbons (Fsp3) is 0.417. The van der Waals surface area contributed by atoms with Gasteiger partial charge in [0.1, 0.15) is 12.4 Å². The molecule has 3 N–H and O–H groups in total. The van der Waals surface area contributed by atoms with Gasteiger partial charge in [0, 0.05) is 17.1 Å². The second-order valence-corrected chi connectivity index (χ2v) is 4.43. The number of benzene rings is 1. The molecule has 0 unspecified atom stereocenters. The fourth-order valence-corrected chi connectivity index (χ4v) is 1.87. The molecule has 0 aliphatic heterocycles. The van der Waals surface area contributed by atoms with Crippen LogP contribution in [0.25, 0.3) is 0 Å². The number of ether oxygens (including phenoxy) is 3. The van der Waals surface area contributed by atoms with Gasteiger partial charge in [0.15, 0.2) is 5.84 Å². The van der Waals surface area contributed by atoms with E-state index < -0.39 is 0 Å². The molecule has 0 aliphatic carbocycles. The zero-order valence-corrected chi connectivity index (χ0v) is 12.2. The van der Waals surface area contributed by atoms with Gasteiger partial charge in [0.2, 0.25) is 0 Å². The Morgan fingerprint density at radius 3 is 2.68 bits per heavy atom. The number of hydrogen-bond donors (Lipinski definition) is 2. The minimum absolute atomic E-state index is 0.0429. The average molecular weight is 333 g/mol. The Hall–Kier alpha value is -1.31. The number of methoxy groups -OCH3 is 1. The number of nitrogens with zero attached hydrogens (tertiary/aromatic N) is 1. The molecular weight excluding hydrogens is 316 g/mol. The first kappa shape index (κ1) is 15.7. The maximum Gasteiger partial charge on any atom is 0.171 e. The number of nitrogens with two attached hydrogens (primary N) is 1. The van der Waals surface area contributed by atoms with E-state index in [1.54, 1.807) is 25.3 Å². The topological polar surface area (TPSA) is 86.3 Å². The van der Waals surface area contributed by atoms with Crippen LogP contribution in [0.2, 0.25) is 0 Å². The highest BCUT2D eigenvalue weighted by Gasteiger charge is 2.06. The van der Waals surface area contributed by atoms with Gasteiger partial charge in [0.05, 0.1) is 19.8 Å². The number of hydrogen-bond acceptors (Lipinski definition) is 5. The van der Waals surface area contributed by atoms with Crippen molar-refractivity contribution in [3.05, 3.63) is 28.2 Å². The van der Waals surface area contributed by atoms with Crippen LogP contribution in [-0.4, -0.2) is 44.6 Å². The molecule has 1 rings (SSSR count). The zero-order chi connectivity index (χ0) is 14.1. The van der Waals surface area contributed by atoms with Gasteiger partial charge >= 0.3 is 0 Å². The summed E-state index contributed by atoms with van der Waals surface area (Å²) < 4.78 is 16.3. The van der Waals surface area contributed by atoms with Crippen molar-refractivity contribution in [1.82, 2.24) is 0 Å². The molecule has 6 nitrogen and oxygen atoms in total. The van der Waals surface area contributed by atoms with E-state index in [1.807, 2.05) is 0 Å². The number of amidine groups is 1. The van der Waals surface area contributed by atoms with Crippen molar-refractivity contribution >= 4 is 21.8 Å². The highest BCUT2D eigenvalue weighted by Crippen LogP contribution is 2.22. The van der Waals surface area contributed by atoms with Crippen LogP contribution in [0.3, 0.4) is 0 Å². The molecule has 7 heteroatoms. The molecular formula is C12H17BrN2O4. The number of halogens is 1. The molecule has 0 saturated heterocycles. The van der Waals surface area contributed by atoms with Crippen LogP contribution in [0.1, 0.15) is 5.56 Å². The zero-order valence-electron chi connectivity index (χ0n) is 10.6. The van der Waals surface area contributed by atoms with E-state index in [9.17, 15) is 0 Å². The molecule has 106 valence electrons. The molecule has 0 aliphatic rings. The van der Waals surface area contributed by atoms with Gasteiger partial charge in [-0.2, -0.15) is 0 Å². The van der Waals surface area contributed by atoms with E-state index in [-0.39, 0.29) is 5.84 Å². The van der Waals surface area contributed by atoms with Gasteiger partial charge < -0.3 is 25.2 Å². The standard InChI is InChI=1S/C12H17BrN2O4/c1-17-4-5-18-6-7-19-9-2-3-10(11(13)8-9)12(14)15-16/h2-3,8,16H,4-7H2,1H3,(H2,14,15). The molecule has 0 saturated carbocycles. The summed E-state index contributed by atoms with van der Waals surface area (Å²) in [4.78, 5) is 0. The number of oxime groups is 1. The lowest BCUT2D eigenvalue weighted by Gasteiger charge is -2.09. The molecule has 0 radical (unpaired) electrons. The fourth-order valence-electron chi connectivity index (χ4n) is 1.31. The van der Waals surface area contributed by atoms with Crippen molar-refractivity contribution in [2.45, 2.75) is 0 Å². The molecule has 0 atom stereocenters. The SMILES string of the molecule is COCCOCCOc1ccc(/C(N)=N/O)c(Br)c1. The van der Waals surface area contributed by atoms with Gasteiger partial charge in [-0.3, -0.25) is 0 Å². The summed E-state index contributed by atoms with van der Waals surface area (Å²) in [5, 5.41) is 11.6. The summed E-state index contributed by atoms with van der Waals surface area (Å²) in [5.74, 6) is 0.720. The van der Waals surface area contributed by atoms with Crippen LogP contribution in [0, 0.1) is 0 Å². The quantitative estimate of drug-likeness (QED) is 0.248. The predicted octanol–water partition coefficient (Wildman–Crippen LogP) is 1.59. The molecule has 0 spiro atoms. The van der Waals surface area contributed by atoms with Gasteiger partial charge in [-0.05, 0) is 34.1 Å². The Labute approximate surface area is 120 Å². The average Bonchev–Trinajstić information content (AvgIpc) is 2.42. The third kappa shape index (κ3) is 5.46. The van der Waals surface area contributed by atoms with E-state index in [0.717, 1.165) is 0 Å². The Morgan fingerprint density at radius 2 is 2.05 bits per heavy atom. The summed E-state index contributed by atoms with van der Waals surface area (Å²) in [6.45, 7) is 2.05. The van der Waals surface area contributed by atoms with Crippen LogP contribution < -0.4 is 10.5 Å². The van der Waals surface area contributed by atoms with E-state index in [0.29, 0.717) is 42.2 Å². The van der Waals surface area contributed by atoms with E-state index in [4.69, 9.17) is 25.2 Å². The molecule has 0 heterocycles. The minimum atomic E-state index is 0.0429. The summed E-state index contributed by atoms with van der Waals surface area (Å²) in [6, 6.07) is 5.20. The van der Waals surface area contributed by atoms with Crippen LogP contribution in [0.5, 0.6) is 5.75 Å². The monoisotopic (exact) mass is 332 g/mol. The normalized spacial score (nSPS) is 11.6. The highest BCUT2D eigenvalue weighted by molar-refractivity contribution is 9.10. The van der Waals surface area contributed by atoms with Crippen molar-refractivity contribution in [3.63, 3.8) is 0 Å². The second kappa shape index (κ2) is 8.73. The van der Waals surface area contributed by atoms with Gasteiger partial charge in [-0.15, -0.1) is 0 Å².